The van der Waals surface area contributed by atoms with Crippen LogP contribution in [0.4, 0.5) is 10.1 Å². The van der Waals surface area contributed by atoms with Crippen molar-refractivity contribution in [2.24, 2.45) is 0 Å². The highest BCUT2D eigenvalue weighted by molar-refractivity contribution is 7.20. The van der Waals surface area contributed by atoms with E-state index in [1.54, 1.807) is 23.1 Å². The summed E-state index contributed by atoms with van der Waals surface area (Å²) in [6, 6.07) is 6.31. The van der Waals surface area contributed by atoms with Crippen LogP contribution in [0.3, 0.4) is 0 Å². The molecule has 2 aromatic rings. The van der Waals surface area contributed by atoms with Crippen LogP contribution < -0.4 is 4.90 Å². The van der Waals surface area contributed by atoms with Crippen molar-refractivity contribution in [3.05, 3.63) is 62.5 Å². The Hall–Kier alpha value is -1.40. The molecule has 3 heterocycles. The summed E-state index contributed by atoms with van der Waals surface area (Å²) >= 11 is 13.4. The average Bonchev–Trinajstić information content (AvgIpc) is 3.14. The van der Waals surface area contributed by atoms with Crippen molar-refractivity contribution in [2.75, 3.05) is 31.1 Å². The summed E-state index contributed by atoms with van der Waals surface area (Å²) in [5, 5.41) is 0. The van der Waals surface area contributed by atoms with Crippen LogP contribution in [0.15, 0.2) is 36.9 Å². The van der Waals surface area contributed by atoms with Crippen molar-refractivity contribution < 1.29 is 9.18 Å². The standard InChI is InChI=1S/C20H19Cl2FN2OS/c1-2-7-24-8-5-20(6-9-24)12-25(16-4-3-13(23)10-15(16)20)19(26)14-11-17(21)27-18(14)22/h2-4,10-11H,1,5-9,12H2. The lowest BCUT2D eigenvalue weighted by Crippen LogP contribution is -2.46. The maximum absolute atomic E-state index is 14.1. The van der Waals surface area contributed by atoms with Crippen LogP contribution >= 0.6 is 34.5 Å². The van der Waals surface area contributed by atoms with Crippen LogP contribution in [0.2, 0.25) is 8.67 Å². The van der Waals surface area contributed by atoms with E-state index in [-0.39, 0.29) is 17.1 Å². The predicted octanol–water partition coefficient (Wildman–Crippen LogP) is 5.37. The number of carbonyl (C=O) groups excluding carboxylic acids is 1. The molecule has 2 aliphatic heterocycles. The fourth-order valence-corrected chi connectivity index (χ4v) is 5.68. The van der Waals surface area contributed by atoms with Gasteiger partial charge in [-0.3, -0.25) is 9.69 Å². The number of rotatable bonds is 3. The normalized spacial score (nSPS) is 18.7. The highest BCUT2D eigenvalue weighted by atomic mass is 35.5. The van der Waals surface area contributed by atoms with Crippen molar-refractivity contribution in [2.45, 2.75) is 18.3 Å². The van der Waals surface area contributed by atoms with Gasteiger partial charge in [-0.15, -0.1) is 17.9 Å². The SMILES string of the molecule is C=CCN1CCC2(CC1)CN(C(=O)c1cc(Cl)sc1Cl)c1ccc(F)cc12. The van der Waals surface area contributed by atoms with Gasteiger partial charge >= 0.3 is 0 Å². The van der Waals surface area contributed by atoms with Crippen LogP contribution in [-0.2, 0) is 5.41 Å². The molecule has 4 rings (SSSR count). The van der Waals surface area contributed by atoms with Gasteiger partial charge in [0.25, 0.3) is 5.91 Å². The largest absolute Gasteiger partial charge is 0.307 e. The third-order valence-electron chi connectivity index (χ3n) is 5.61. The van der Waals surface area contributed by atoms with Crippen LogP contribution in [0.25, 0.3) is 0 Å². The Morgan fingerprint density at radius 2 is 2.04 bits per heavy atom. The van der Waals surface area contributed by atoms with Crippen LogP contribution in [0.5, 0.6) is 0 Å². The number of hydrogen-bond donors (Lipinski definition) is 0. The van der Waals surface area contributed by atoms with Crippen molar-refractivity contribution in [3.63, 3.8) is 0 Å². The molecule has 27 heavy (non-hydrogen) atoms. The summed E-state index contributed by atoms with van der Waals surface area (Å²) in [6.45, 7) is 6.98. The van der Waals surface area contributed by atoms with Gasteiger partial charge < -0.3 is 4.90 Å². The second-order valence-corrected chi connectivity index (χ2v) is 9.45. The number of fused-ring (bicyclic) bond motifs is 2. The lowest BCUT2D eigenvalue weighted by molar-refractivity contribution is 0.0978. The molecule has 142 valence electrons. The molecule has 0 radical (unpaired) electrons. The first-order chi connectivity index (χ1) is 12.9. The molecule has 0 N–H and O–H groups in total. The number of likely N-dealkylation sites (tertiary alicyclic amines) is 1. The highest BCUT2D eigenvalue weighted by Gasteiger charge is 2.46. The molecule has 1 spiro atoms. The van der Waals surface area contributed by atoms with E-state index in [0.29, 0.717) is 20.8 Å². The summed E-state index contributed by atoms with van der Waals surface area (Å²) in [6.07, 6.45) is 3.65. The maximum Gasteiger partial charge on any atom is 0.260 e. The Bertz CT molecular complexity index is 905. The summed E-state index contributed by atoms with van der Waals surface area (Å²) < 4.78 is 14.9. The first-order valence-electron chi connectivity index (χ1n) is 8.83. The number of benzene rings is 1. The van der Waals surface area contributed by atoms with Crippen molar-refractivity contribution in [3.8, 4) is 0 Å². The van der Waals surface area contributed by atoms with Gasteiger partial charge in [-0.1, -0.05) is 29.3 Å². The average molecular weight is 425 g/mol. The minimum Gasteiger partial charge on any atom is -0.307 e. The topological polar surface area (TPSA) is 23.6 Å². The van der Waals surface area contributed by atoms with Crippen LogP contribution in [0, 0.1) is 5.82 Å². The molecule has 0 unspecified atom stereocenters. The second kappa shape index (κ2) is 7.21. The summed E-state index contributed by atoms with van der Waals surface area (Å²) in [5.74, 6) is -0.450. The van der Waals surface area contributed by atoms with Gasteiger partial charge in [-0.05, 0) is 55.8 Å². The molecule has 3 nitrogen and oxygen atoms in total. The van der Waals surface area contributed by atoms with Crippen molar-refractivity contribution >= 4 is 46.1 Å². The number of anilines is 1. The second-order valence-electron chi connectivity index (χ2n) is 7.16. The number of nitrogens with zero attached hydrogens (tertiary/aromatic N) is 2. The van der Waals surface area contributed by atoms with Crippen molar-refractivity contribution in [1.82, 2.24) is 4.90 Å². The quantitative estimate of drug-likeness (QED) is 0.617. The summed E-state index contributed by atoms with van der Waals surface area (Å²) in [7, 11) is 0. The van der Waals surface area contributed by atoms with Crippen LogP contribution in [-0.4, -0.2) is 37.0 Å². The van der Waals surface area contributed by atoms with Gasteiger partial charge in [0.05, 0.1) is 9.90 Å². The monoisotopic (exact) mass is 424 g/mol. The number of hydrogen-bond acceptors (Lipinski definition) is 3. The molecule has 1 aromatic carbocycles. The lowest BCUT2D eigenvalue weighted by Gasteiger charge is -2.39. The van der Waals surface area contributed by atoms with Gasteiger partial charge in [0.2, 0.25) is 0 Å². The van der Waals surface area contributed by atoms with E-state index in [9.17, 15) is 9.18 Å². The fraction of sp³-hybridized carbons (Fsp3) is 0.350. The van der Waals surface area contributed by atoms with E-state index in [0.717, 1.165) is 43.7 Å². The van der Waals surface area contributed by atoms with E-state index in [2.05, 4.69) is 11.5 Å². The smallest absolute Gasteiger partial charge is 0.260 e. The summed E-state index contributed by atoms with van der Waals surface area (Å²) in [4.78, 5) is 17.3. The molecule has 0 bridgehead atoms. The zero-order chi connectivity index (χ0) is 19.2. The van der Waals surface area contributed by atoms with Crippen molar-refractivity contribution in [1.29, 1.82) is 0 Å². The highest BCUT2D eigenvalue weighted by Crippen LogP contribution is 2.48. The van der Waals surface area contributed by atoms with E-state index in [1.165, 1.54) is 17.4 Å². The number of thiophene rings is 1. The number of amides is 1. The Morgan fingerprint density at radius 3 is 2.67 bits per heavy atom. The van der Waals surface area contributed by atoms with E-state index >= 15 is 0 Å². The Balaban J connectivity index is 1.69. The zero-order valence-corrected chi connectivity index (χ0v) is 17.0. The molecule has 1 aromatic heterocycles. The first kappa shape index (κ1) is 18.9. The van der Waals surface area contributed by atoms with Gasteiger partial charge in [0.15, 0.2) is 0 Å². The minimum atomic E-state index is -0.271. The summed E-state index contributed by atoms with van der Waals surface area (Å²) in [5.41, 5.74) is 1.88. The zero-order valence-electron chi connectivity index (χ0n) is 14.7. The Labute approximate surface area is 172 Å². The molecule has 0 atom stereocenters. The molecular weight excluding hydrogens is 406 g/mol. The molecule has 0 aliphatic carbocycles. The van der Waals surface area contributed by atoms with Gasteiger partial charge in [0, 0.05) is 24.2 Å². The Kier molecular flexibility index (Phi) is 5.06. The molecule has 2 aliphatic rings. The molecule has 1 amide bonds. The van der Waals surface area contributed by atoms with Gasteiger partial charge in [-0.25, -0.2) is 4.39 Å². The molecule has 1 fully saturated rings. The molecule has 7 heteroatoms. The van der Waals surface area contributed by atoms with Crippen LogP contribution in [0.1, 0.15) is 28.8 Å². The first-order valence-corrected chi connectivity index (χ1v) is 10.4. The molecular formula is C20H19Cl2FN2OS. The number of piperidine rings is 1. The predicted molar refractivity (Wildman–Crippen MR) is 110 cm³/mol. The third-order valence-corrected chi connectivity index (χ3v) is 7.10. The van der Waals surface area contributed by atoms with E-state index < -0.39 is 0 Å². The van der Waals surface area contributed by atoms with Gasteiger partial charge in [0.1, 0.15) is 10.2 Å². The third kappa shape index (κ3) is 3.31. The number of carbonyl (C=O) groups is 1. The van der Waals surface area contributed by atoms with E-state index in [4.69, 9.17) is 23.2 Å². The number of halogens is 3. The lowest BCUT2D eigenvalue weighted by atomic mass is 9.74. The molecule has 1 saturated heterocycles. The van der Waals surface area contributed by atoms with E-state index in [1.807, 2.05) is 6.08 Å². The maximum atomic E-state index is 14.1. The van der Waals surface area contributed by atoms with Gasteiger partial charge in [-0.2, -0.15) is 0 Å². The Morgan fingerprint density at radius 1 is 1.30 bits per heavy atom. The fourth-order valence-electron chi connectivity index (χ4n) is 4.23. The minimum absolute atomic E-state index is 0.179. The molecule has 0 saturated carbocycles.